The van der Waals surface area contributed by atoms with E-state index in [1.54, 1.807) is 27.2 Å². The van der Waals surface area contributed by atoms with Gasteiger partial charge in [0, 0.05) is 17.8 Å². The first-order valence-electron chi connectivity index (χ1n) is 4.32. The zero-order valence-corrected chi connectivity index (χ0v) is 9.11. The van der Waals surface area contributed by atoms with Crippen LogP contribution < -0.4 is 0 Å². The Morgan fingerprint density at radius 1 is 1.60 bits per heavy atom. The van der Waals surface area contributed by atoms with E-state index in [0.29, 0.717) is 5.57 Å². The molecule has 0 aromatic heterocycles. The first-order chi connectivity index (χ1) is 7.08. The molecule has 1 atom stereocenters. The SMILES string of the molecule is C=C/C(=C\C=NC)C(C(=O)OF)N(C)C. The highest BCUT2D eigenvalue weighted by atomic mass is 19.3. The summed E-state index contributed by atoms with van der Waals surface area (Å²) in [5, 5.41) is 0. The van der Waals surface area contributed by atoms with Crippen molar-refractivity contribution in [2.24, 2.45) is 4.99 Å². The Morgan fingerprint density at radius 3 is 2.53 bits per heavy atom. The number of nitrogens with zero attached hydrogens (tertiary/aromatic N) is 2. The largest absolute Gasteiger partial charge is 0.370 e. The minimum absolute atomic E-state index is 0.522. The highest BCUT2D eigenvalue weighted by Gasteiger charge is 2.25. The van der Waals surface area contributed by atoms with Crippen molar-refractivity contribution in [3.05, 3.63) is 24.3 Å². The van der Waals surface area contributed by atoms with Gasteiger partial charge in [-0.1, -0.05) is 12.7 Å². The predicted octanol–water partition coefficient (Wildman–Crippen LogP) is 1.16. The normalized spacial score (nSPS) is 14.3. The van der Waals surface area contributed by atoms with Crippen molar-refractivity contribution in [2.45, 2.75) is 6.04 Å². The molecule has 0 aliphatic carbocycles. The Kier molecular flexibility index (Phi) is 6.21. The van der Waals surface area contributed by atoms with E-state index in [9.17, 15) is 9.32 Å². The maximum Gasteiger partial charge on any atom is 0.370 e. The summed E-state index contributed by atoms with van der Waals surface area (Å²) >= 11 is 0. The Bertz CT molecular complexity index is 285. The van der Waals surface area contributed by atoms with Crippen LogP contribution in [0.3, 0.4) is 0 Å². The quantitative estimate of drug-likeness (QED) is 0.509. The third-order valence-corrected chi connectivity index (χ3v) is 1.78. The molecular weight excluding hydrogens is 199 g/mol. The number of likely N-dealkylation sites (N-methyl/N-ethyl adjacent to an activating group) is 1. The molecule has 0 aliphatic heterocycles. The molecular formula is C10H15FN2O2. The summed E-state index contributed by atoms with van der Waals surface area (Å²) in [6.45, 7) is 3.55. The van der Waals surface area contributed by atoms with Gasteiger partial charge >= 0.3 is 5.97 Å². The number of rotatable bonds is 5. The van der Waals surface area contributed by atoms with Crippen LogP contribution in [0.15, 0.2) is 29.3 Å². The summed E-state index contributed by atoms with van der Waals surface area (Å²) in [5.41, 5.74) is 0.522. The lowest BCUT2D eigenvalue weighted by molar-refractivity contribution is -0.187. The van der Waals surface area contributed by atoms with Crippen molar-refractivity contribution in [1.29, 1.82) is 0 Å². The van der Waals surface area contributed by atoms with Crippen molar-refractivity contribution in [1.82, 2.24) is 4.90 Å². The summed E-state index contributed by atoms with van der Waals surface area (Å²) in [4.78, 5) is 19.6. The molecule has 0 aromatic rings. The third kappa shape index (κ3) is 4.03. The molecule has 0 aromatic carbocycles. The second kappa shape index (κ2) is 6.89. The molecule has 0 saturated carbocycles. The molecule has 0 rings (SSSR count). The highest BCUT2D eigenvalue weighted by Crippen LogP contribution is 2.10. The van der Waals surface area contributed by atoms with E-state index in [1.165, 1.54) is 17.2 Å². The van der Waals surface area contributed by atoms with Crippen LogP contribution in [0, 0.1) is 0 Å². The van der Waals surface area contributed by atoms with Crippen LogP contribution >= 0.6 is 0 Å². The summed E-state index contributed by atoms with van der Waals surface area (Å²) < 4.78 is 11.8. The predicted molar refractivity (Wildman–Crippen MR) is 57.4 cm³/mol. The zero-order valence-electron chi connectivity index (χ0n) is 9.11. The van der Waals surface area contributed by atoms with Crippen molar-refractivity contribution in [3.8, 4) is 0 Å². The second-order valence-electron chi connectivity index (χ2n) is 3.04. The summed E-state index contributed by atoms with van der Waals surface area (Å²) in [6, 6.07) is -0.814. The molecule has 0 amide bonds. The molecule has 0 saturated heterocycles. The Morgan fingerprint density at radius 2 is 2.20 bits per heavy atom. The zero-order chi connectivity index (χ0) is 11.8. The van der Waals surface area contributed by atoms with Crippen molar-refractivity contribution >= 4 is 12.2 Å². The number of hydrogen-bond acceptors (Lipinski definition) is 4. The number of allylic oxidation sites excluding steroid dienone is 1. The molecule has 5 heteroatoms. The van der Waals surface area contributed by atoms with Gasteiger partial charge in [0.2, 0.25) is 0 Å². The lowest BCUT2D eigenvalue weighted by Gasteiger charge is -2.20. The van der Waals surface area contributed by atoms with Gasteiger partial charge in [0.1, 0.15) is 6.04 Å². The van der Waals surface area contributed by atoms with Gasteiger partial charge < -0.3 is 0 Å². The average Bonchev–Trinajstić information content (AvgIpc) is 2.22. The summed E-state index contributed by atoms with van der Waals surface area (Å²) in [7, 11) is 4.87. The van der Waals surface area contributed by atoms with Crippen LogP contribution in [-0.4, -0.2) is 44.3 Å². The number of hydrogen-bond donors (Lipinski definition) is 0. The molecule has 4 nitrogen and oxygen atoms in total. The van der Waals surface area contributed by atoms with Gasteiger partial charge in [0.25, 0.3) is 0 Å². The van der Waals surface area contributed by atoms with Gasteiger partial charge in [-0.2, -0.15) is 0 Å². The van der Waals surface area contributed by atoms with E-state index in [1.807, 2.05) is 0 Å². The molecule has 0 radical (unpaired) electrons. The van der Waals surface area contributed by atoms with Crippen LogP contribution in [-0.2, 0) is 9.74 Å². The first kappa shape index (κ1) is 13.5. The van der Waals surface area contributed by atoms with Crippen LogP contribution in [0.2, 0.25) is 0 Å². The Balaban J connectivity index is 5.03. The number of carbonyl (C=O) groups excluding carboxylic acids is 1. The van der Waals surface area contributed by atoms with E-state index in [0.717, 1.165) is 0 Å². The van der Waals surface area contributed by atoms with Gasteiger partial charge in [-0.25, -0.2) is 4.79 Å². The molecule has 84 valence electrons. The molecule has 1 unspecified atom stereocenters. The smallest absolute Gasteiger partial charge is 0.297 e. The van der Waals surface area contributed by atoms with E-state index < -0.39 is 12.0 Å². The standard InChI is InChI=1S/C10H15FN2O2/c1-5-8(6-7-12-2)9(13(3)4)10(14)15-11/h5-7,9H,1H2,2-4H3/b8-6+,12-7?. The molecule has 0 bridgehead atoms. The molecule has 0 fully saturated rings. The van der Waals surface area contributed by atoms with Crippen LogP contribution in [0.4, 0.5) is 4.53 Å². The van der Waals surface area contributed by atoms with Gasteiger partial charge in [-0.15, -0.1) is 0 Å². The highest BCUT2D eigenvalue weighted by molar-refractivity contribution is 5.83. The fraction of sp³-hybridized carbons (Fsp3) is 0.400. The monoisotopic (exact) mass is 214 g/mol. The maximum absolute atomic E-state index is 11.8. The van der Waals surface area contributed by atoms with Gasteiger partial charge in [0.05, 0.1) is 0 Å². The summed E-state index contributed by atoms with van der Waals surface area (Å²) in [6.07, 6.45) is 4.54. The molecule has 0 aliphatic rings. The molecule has 0 spiro atoms. The van der Waals surface area contributed by atoms with E-state index in [4.69, 9.17) is 0 Å². The fourth-order valence-corrected chi connectivity index (χ4v) is 1.12. The van der Waals surface area contributed by atoms with Crippen LogP contribution in [0.5, 0.6) is 0 Å². The summed E-state index contributed by atoms with van der Waals surface area (Å²) in [5.74, 6) is -0.976. The van der Waals surface area contributed by atoms with Crippen molar-refractivity contribution in [3.63, 3.8) is 0 Å². The van der Waals surface area contributed by atoms with Gasteiger partial charge in [-0.3, -0.25) is 14.8 Å². The molecule has 0 heterocycles. The van der Waals surface area contributed by atoms with Gasteiger partial charge in [-0.05, 0) is 25.7 Å². The number of halogens is 1. The fourth-order valence-electron chi connectivity index (χ4n) is 1.12. The lowest BCUT2D eigenvalue weighted by atomic mass is 10.1. The minimum atomic E-state index is -0.976. The van der Waals surface area contributed by atoms with Crippen molar-refractivity contribution in [2.75, 3.05) is 21.1 Å². The molecule has 15 heavy (non-hydrogen) atoms. The topological polar surface area (TPSA) is 41.9 Å². The number of carbonyl (C=O) groups is 1. The van der Waals surface area contributed by atoms with Crippen molar-refractivity contribution < 1.29 is 14.3 Å². The first-order valence-corrected chi connectivity index (χ1v) is 4.32. The second-order valence-corrected chi connectivity index (χ2v) is 3.04. The van der Waals surface area contributed by atoms with E-state index >= 15 is 0 Å². The van der Waals surface area contributed by atoms with Crippen LogP contribution in [0.1, 0.15) is 0 Å². The maximum atomic E-state index is 11.8. The minimum Gasteiger partial charge on any atom is -0.297 e. The van der Waals surface area contributed by atoms with Crippen LogP contribution in [0.25, 0.3) is 0 Å². The molecule has 0 N–H and O–H groups in total. The van der Waals surface area contributed by atoms with Gasteiger partial charge in [0.15, 0.2) is 0 Å². The Labute approximate surface area is 88.6 Å². The average molecular weight is 214 g/mol. The lowest BCUT2D eigenvalue weighted by Crippen LogP contribution is -2.37. The Hall–Kier alpha value is -1.49. The van der Waals surface area contributed by atoms with E-state index in [2.05, 4.69) is 16.5 Å². The third-order valence-electron chi connectivity index (χ3n) is 1.78. The van der Waals surface area contributed by atoms with E-state index in [-0.39, 0.29) is 0 Å². The number of aliphatic imine (C=N–C) groups is 1.